The quantitative estimate of drug-likeness (QED) is 0.801. The van der Waals surface area contributed by atoms with Crippen LogP contribution in [0.3, 0.4) is 0 Å². The van der Waals surface area contributed by atoms with Gasteiger partial charge in [0.05, 0.1) is 0 Å². The second kappa shape index (κ2) is 5.71. The fourth-order valence-corrected chi connectivity index (χ4v) is 1.81. The van der Waals surface area contributed by atoms with Crippen molar-refractivity contribution in [3.8, 4) is 0 Å². The highest BCUT2D eigenvalue weighted by Gasteiger charge is 2.05. The smallest absolute Gasteiger partial charge is 0.255 e. The number of aromatic nitrogens is 1. The van der Waals surface area contributed by atoms with Gasteiger partial charge in [-0.15, -0.1) is 0 Å². The van der Waals surface area contributed by atoms with Crippen LogP contribution >= 0.6 is 0 Å². The fourth-order valence-electron chi connectivity index (χ4n) is 1.81. The third-order valence-corrected chi connectivity index (χ3v) is 2.61. The molecule has 1 aromatic heterocycles. The molecule has 3 nitrogen and oxygen atoms in total. The van der Waals surface area contributed by atoms with Gasteiger partial charge in [0.2, 0.25) is 0 Å². The normalized spacial score (nSPS) is 12.7. The van der Waals surface area contributed by atoms with Crippen molar-refractivity contribution in [3.63, 3.8) is 0 Å². The third-order valence-electron chi connectivity index (χ3n) is 2.61. The summed E-state index contributed by atoms with van der Waals surface area (Å²) in [6.07, 6.45) is 4.15. The largest absolute Gasteiger partial charge is 0.326 e. The number of nitrogens with two attached hydrogens (primary N) is 1. The fraction of sp³-hybridized carbons (Fsp3) is 0.583. The second-order valence-electron chi connectivity index (χ2n) is 4.09. The molecule has 0 bridgehead atoms. The zero-order valence-electron chi connectivity index (χ0n) is 9.57. The molecule has 2 N–H and O–H groups in total. The Bertz CT molecular complexity index is 357. The van der Waals surface area contributed by atoms with Crippen molar-refractivity contribution in [1.82, 2.24) is 4.57 Å². The van der Waals surface area contributed by atoms with Crippen LogP contribution in [0, 0.1) is 5.92 Å². The average Bonchev–Trinajstić information content (AvgIpc) is 2.21. The Balaban J connectivity index is 2.81. The number of hydrogen-bond donors (Lipinski definition) is 1. The lowest BCUT2D eigenvalue weighted by Gasteiger charge is -2.12. The van der Waals surface area contributed by atoms with Crippen molar-refractivity contribution in [2.75, 3.05) is 0 Å². The van der Waals surface area contributed by atoms with E-state index in [1.165, 1.54) is 0 Å². The van der Waals surface area contributed by atoms with Gasteiger partial charge in [-0.25, -0.2) is 0 Å². The number of hydrogen-bond acceptors (Lipinski definition) is 2. The van der Waals surface area contributed by atoms with E-state index in [0.29, 0.717) is 18.0 Å². The Morgan fingerprint density at radius 2 is 2.27 bits per heavy atom. The summed E-state index contributed by atoms with van der Waals surface area (Å²) in [5.74, 6) is 0.542. The first-order valence-electron chi connectivity index (χ1n) is 5.57. The molecule has 1 unspecified atom stereocenters. The Morgan fingerprint density at radius 3 is 2.87 bits per heavy atom. The zero-order chi connectivity index (χ0) is 11.3. The van der Waals surface area contributed by atoms with E-state index < -0.39 is 0 Å². The first-order valence-corrected chi connectivity index (χ1v) is 5.57. The van der Waals surface area contributed by atoms with E-state index >= 15 is 0 Å². The lowest BCUT2D eigenvalue weighted by Crippen LogP contribution is -2.26. The van der Waals surface area contributed by atoms with Crippen LogP contribution in [-0.4, -0.2) is 4.57 Å². The van der Waals surface area contributed by atoms with Gasteiger partial charge in [-0.05, 0) is 18.4 Å². The van der Waals surface area contributed by atoms with Gasteiger partial charge >= 0.3 is 0 Å². The number of pyridine rings is 1. The lowest BCUT2D eigenvalue weighted by atomic mass is 10.1. The van der Waals surface area contributed by atoms with E-state index in [9.17, 15) is 4.79 Å². The van der Waals surface area contributed by atoms with E-state index in [0.717, 1.165) is 19.4 Å². The SMILES string of the molecule is CCCC(C)Cn1cccc(CN)c1=O. The Kier molecular flexibility index (Phi) is 4.56. The van der Waals surface area contributed by atoms with Crippen LogP contribution in [0.2, 0.25) is 0 Å². The molecule has 1 aromatic rings. The first-order chi connectivity index (χ1) is 7.19. The highest BCUT2D eigenvalue weighted by molar-refractivity contribution is 5.09. The summed E-state index contributed by atoms with van der Waals surface area (Å²) in [7, 11) is 0. The standard InChI is InChI=1S/C12H20N2O/c1-3-5-10(2)9-14-7-4-6-11(8-13)12(14)15/h4,6-7,10H,3,5,8-9,13H2,1-2H3. The van der Waals surface area contributed by atoms with Gasteiger partial charge in [0.15, 0.2) is 0 Å². The maximum absolute atomic E-state index is 11.8. The van der Waals surface area contributed by atoms with Crippen LogP contribution in [-0.2, 0) is 13.1 Å². The van der Waals surface area contributed by atoms with Crippen LogP contribution in [0.25, 0.3) is 0 Å². The van der Waals surface area contributed by atoms with Crippen LogP contribution in [0.4, 0.5) is 0 Å². The summed E-state index contributed by atoms with van der Waals surface area (Å²) >= 11 is 0. The van der Waals surface area contributed by atoms with Crippen molar-refractivity contribution in [1.29, 1.82) is 0 Å². The van der Waals surface area contributed by atoms with Gasteiger partial charge in [-0.2, -0.15) is 0 Å². The van der Waals surface area contributed by atoms with E-state index in [4.69, 9.17) is 5.73 Å². The third kappa shape index (κ3) is 3.20. The van der Waals surface area contributed by atoms with Gasteiger partial charge in [0, 0.05) is 24.8 Å². The van der Waals surface area contributed by atoms with Crippen LogP contribution in [0.15, 0.2) is 23.1 Å². The summed E-state index contributed by atoms with van der Waals surface area (Å²) in [5.41, 5.74) is 6.25. The minimum Gasteiger partial charge on any atom is -0.326 e. The molecule has 3 heteroatoms. The molecule has 0 saturated heterocycles. The molecule has 0 aliphatic carbocycles. The molecule has 0 spiro atoms. The molecule has 0 radical (unpaired) electrons. The monoisotopic (exact) mass is 208 g/mol. The minimum atomic E-state index is 0.0583. The Hall–Kier alpha value is -1.09. The molecule has 0 fully saturated rings. The van der Waals surface area contributed by atoms with E-state index in [1.54, 1.807) is 10.6 Å². The van der Waals surface area contributed by atoms with Crippen LogP contribution in [0.5, 0.6) is 0 Å². The van der Waals surface area contributed by atoms with Gasteiger partial charge in [-0.3, -0.25) is 4.79 Å². The molecule has 15 heavy (non-hydrogen) atoms. The van der Waals surface area contributed by atoms with Gasteiger partial charge < -0.3 is 10.3 Å². The second-order valence-corrected chi connectivity index (χ2v) is 4.09. The van der Waals surface area contributed by atoms with Crippen LogP contribution in [0.1, 0.15) is 32.3 Å². The predicted molar refractivity (Wildman–Crippen MR) is 62.7 cm³/mol. The average molecular weight is 208 g/mol. The first kappa shape index (κ1) is 12.0. The van der Waals surface area contributed by atoms with Crippen molar-refractivity contribution >= 4 is 0 Å². The Labute approximate surface area is 90.9 Å². The molecular weight excluding hydrogens is 188 g/mol. The molecule has 0 aliphatic heterocycles. The molecule has 1 rings (SSSR count). The molecule has 0 aromatic carbocycles. The molecule has 0 saturated carbocycles. The highest BCUT2D eigenvalue weighted by Crippen LogP contribution is 2.06. The lowest BCUT2D eigenvalue weighted by molar-refractivity contribution is 0.437. The van der Waals surface area contributed by atoms with Crippen molar-refractivity contribution < 1.29 is 0 Å². The molecule has 0 aliphatic rings. The maximum atomic E-state index is 11.8. The molecule has 84 valence electrons. The Morgan fingerprint density at radius 1 is 1.53 bits per heavy atom. The topological polar surface area (TPSA) is 48.0 Å². The highest BCUT2D eigenvalue weighted by atomic mass is 16.1. The summed E-state index contributed by atoms with van der Waals surface area (Å²) in [4.78, 5) is 11.8. The van der Waals surface area contributed by atoms with Crippen molar-refractivity contribution in [3.05, 3.63) is 34.2 Å². The summed E-state index contributed by atoms with van der Waals surface area (Å²) in [6, 6.07) is 3.69. The van der Waals surface area contributed by atoms with Crippen molar-refractivity contribution in [2.24, 2.45) is 11.7 Å². The summed E-state index contributed by atoms with van der Waals surface area (Å²) < 4.78 is 1.77. The molecule has 1 atom stereocenters. The maximum Gasteiger partial charge on any atom is 0.255 e. The minimum absolute atomic E-state index is 0.0583. The zero-order valence-corrected chi connectivity index (χ0v) is 9.57. The van der Waals surface area contributed by atoms with Crippen LogP contribution < -0.4 is 11.3 Å². The molecular formula is C12H20N2O. The van der Waals surface area contributed by atoms with Gasteiger partial charge in [0.1, 0.15) is 0 Å². The molecule has 1 heterocycles. The summed E-state index contributed by atoms with van der Waals surface area (Å²) in [5, 5.41) is 0. The molecule has 0 amide bonds. The van der Waals surface area contributed by atoms with Gasteiger partial charge in [0.25, 0.3) is 5.56 Å². The number of rotatable bonds is 5. The van der Waals surface area contributed by atoms with Gasteiger partial charge in [-0.1, -0.05) is 26.3 Å². The predicted octanol–water partition coefficient (Wildman–Crippen LogP) is 1.74. The van der Waals surface area contributed by atoms with E-state index in [1.807, 2.05) is 12.3 Å². The van der Waals surface area contributed by atoms with Crippen molar-refractivity contribution in [2.45, 2.75) is 39.8 Å². The van der Waals surface area contributed by atoms with E-state index in [-0.39, 0.29) is 5.56 Å². The van der Waals surface area contributed by atoms with E-state index in [2.05, 4.69) is 13.8 Å². The summed E-state index contributed by atoms with van der Waals surface area (Å²) in [6.45, 7) is 5.45. The number of nitrogens with zero attached hydrogens (tertiary/aromatic N) is 1.